The van der Waals surface area contributed by atoms with Crippen LogP contribution < -0.4 is 4.74 Å². The number of rotatable bonds is 8. The van der Waals surface area contributed by atoms with E-state index in [1.807, 2.05) is 23.0 Å². The van der Waals surface area contributed by atoms with Crippen molar-refractivity contribution in [1.29, 1.82) is 0 Å². The summed E-state index contributed by atoms with van der Waals surface area (Å²) in [5.74, 6) is 0.736. The van der Waals surface area contributed by atoms with Crippen molar-refractivity contribution >= 4 is 16.9 Å². The van der Waals surface area contributed by atoms with Crippen molar-refractivity contribution in [2.24, 2.45) is 5.92 Å². The van der Waals surface area contributed by atoms with Gasteiger partial charge in [0.2, 0.25) is 0 Å². The first-order valence-electron chi connectivity index (χ1n) is 10.6. The zero-order chi connectivity index (χ0) is 20.2. The fourth-order valence-corrected chi connectivity index (χ4v) is 4.23. The monoisotopic (exact) mass is 392 g/mol. The fraction of sp³-hybridized carbons (Fsp3) is 0.417. The van der Waals surface area contributed by atoms with Crippen LogP contribution in [0.3, 0.4) is 0 Å². The Morgan fingerprint density at radius 3 is 2.79 bits per heavy atom. The molecule has 0 radical (unpaired) electrons. The fourth-order valence-electron chi connectivity index (χ4n) is 4.23. The number of carbonyl (C=O) groups is 1. The summed E-state index contributed by atoms with van der Waals surface area (Å²) in [6, 6.07) is 12.4. The summed E-state index contributed by atoms with van der Waals surface area (Å²) in [5, 5.41) is 14.6. The SMILES string of the molecule is CCn1ncc2cc(-c3cc(CCC(=O)O)ccc3OCC3CCCC3)ccc21. The van der Waals surface area contributed by atoms with E-state index in [0.29, 0.717) is 12.3 Å². The van der Waals surface area contributed by atoms with Crippen molar-refractivity contribution in [2.45, 2.75) is 52.0 Å². The van der Waals surface area contributed by atoms with Crippen LogP contribution in [0.1, 0.15) is 44.6 Å². The molecule has 0 atom stereocenters. The van der Waals surface area contributed by atoms with Crippen molar-refractivity contribution in [3.8, 4) is 16.9 Å². The van der Waals surface area contributed by atoms with Gasteiger partial charge in [-0.1, -0.05) is 25.0 Å². The first-order chi connectivity index (χ1) is 14.1. The van der Waals surface area contributed by atoms with Crippen LogP contribution in [0.25, 0.3) is 22.0 Å². The Kier molecular flexibility index (Phi) is 5.84. The Bertz CT molecular complexity index is 1000. The molecule has 0 aliphatic heterocycles. The predicted molar refractivity (Wildman–Crippen MR) is 114 cm³/mol. The predicted octanol–water partition coefficient (Wildman–Crippen LogP) is 5.31. The number of carboxylic acid groups (broad SMARTS) is 1. The average molecular weight is 392 g/mol. The molecule has 5 heteroatoms. The average Bonchev–Trinajstić information content (AvgIpc) is 3.40. The van der Waals surface area contributed by atoms with Gasteiger partial charge < -0.3 is 9.84 Å². The Hall–Kier alpha value is -2.82. The lowest BCUT2D eigenvalue weighted by atomic mass is 9.98. The van der Waals surface area contributed by atoms with E-state index in [1.165, 1.54) is 25.7 Å². The molecule has 1 N–H and O–H groups in total. The number of hydrogen-bond donors (Lipinski definition) is 1. The summed E-state index contributed by atoms with van der Waals surface area (Å²) in [7, 11) is 0. The second kappa shape index (κ2) is 8.68. The number of nitrogens with zero attached hydrogens (tertiary/aromatic N) is 2. The quantitative estimate of drug-likeness (QED) is 0.564. The number of aliphatic carboxylic acids is 1. The molecule has 1 aromatic heterocycles. The molecule has 0 spiro atoms. The highest BCUT2D eigenvalue weighted by atomic mass is 16.5. The minimum absolute atomic E-state index is 0.129. The van der Waals surface area contributed by atoms with Gasteiger partial charge in [0.1, 0.15) is 5.75 Å². The van der Waals surface area contributed by atoms with Gasteiger partial charge in [-0.25, -0.2) is 0 Å². The topological polar surface area (TPSA) is 64.4 Å². The third-order valence-electron chi connectivity index (χ3n) is 5.87. The molecule has 0 bridgehead atoms. The van der Waals surface area contributed by atoms with Crippen LogP contribution in [0.15, 0.2) is 42.6 Å². The van der Waals surface area contributed by atoms with E-state index in [9.17, 15) is 4.79 Å². The molecular formula is C24H28N2O3. The maximum Gasteiger partial charge on any atom is 0.303 e. The van der Waals surface area contributed by atoms with Crippen LogP contribution in [-0.2, 0) is 17.8 Å². The van der Waals surface area contributed by atoms with Crippen LogP contribution in [0.4, 0.5) is 0 Å². The van der Waals surface area contributed by atoms with Gasteiger partial charge in [0.05, 0.1) is 18.3 Å². The highest BCUT2D eigenvalue weighted by Crippen LogP contribution is 2.35. The lowest BCUT2D eigenvalue weighted by Crippen LogP contribution is -2.09. The van der Waals surface area contributed by atoms with Crippen LogP contribution in [0.5, 0.6) is 5.75 Å². The first kappa shape index (κ1) is 19.5. The Morgan fingerprint density at radius 2 is 2.03 bits per heavy atom. The normalized spacial score (nSPS) is 14.5. The lowest BCUT2D eigenvalue weighted by molar-refractivity contribution is -0.136. The zero-order valence-corrected chi connectivity index (χ0v) is 16.9. The van der Waals surface area contributed by atoms with Crippen molar-refractivity contribution in [1.82, 2.24) is 9.78 Å². The number of benzene rings is 2. The van der Waals surface area contributed by atoms with Gasteiger partial charge in [0.25, 0.3) is 0 Å². The minimum atomic E-state index is -0.776. The molecule has 1 aliphatic rings. The van der Waals surface area contributed by atoms with Crippen LogP contribution >= 0.6 is 0 Å². The summed E-state index contributed by atoms with van der Waals surface area (Å²) < 4.78 is 8.24. The molecule has 5 nitrogen and oxygen atoms in total. The zero-order valence-electron chi connectivity index (χ0n) is 16.9. The van der Waals surface area contributed by atoms with Crippen molar-refractivity contribution < 1.29 is 14.6 Å². The maximum atomic E-state index is 11.0. The van der Waals surface area contributed by atoms with Gasteiger partial charge in [0, 0.05) is 23.9 Å². The Labute approximate surface area is 171 Å². The molecule has 1 saturated carbocycles. The largest absolute Gasteiger partial charge is 0.493 e. The standard InChI is InChI=1S/C24H28N2O3/c1-2-26-22-10-9-19(14-20(22)15-25-26)21-13-17(8-12-24(27)28)7-11-23(21)29-16-18-5-3-4-6-18/h7,9-11,13-15,18H,2-6,8,12,16H2,1H3,(H,27,28). The van der Waals surface area contributed by atoms with Crippen LogP contribution in [0, 0.1) is 5.92 Å². The first-order valence-corrected chi connectivity index (χ1v) is 10.6. The molecule has 0 amide bonds. The molecule has 1 aliphatic carbocycles. The highest BCUT2D eigenvalue weighted by molar-refractivity contribution is 5.86. The Balaban J connectivity index is 1.66. The van der Waals surface area contributed by atoms with E-state index in [1.54, 1.807) is 0 Å². The van der Waals surface area contributed by atoms with E-state index in [-0.39, 0.29) is 6.42 Å². The highest BCUT2D eigenvalue weighted by Gasteiger charge is 2.17. The molecule has 4 rings (SSSR count). The number of fused-ring (bicyclic) bond motifs is 1. The molecular weight excluding hydrogens is 364 g/mol. The smallest absolute Gasteiger partial charge is 0.303 e. The summed E-state index contributed by atoms with van der Waals surface area (Å²) in [4.78, 5) is 11.0. The van der Waals surface area contributed by atoms with Crippen molar-refractivity contribution in [3.05, 3.63) is 48.2 Å². The summed E-state index contributed by atoms with van der Waals surface area (Å²) >= 11 is 0. The maximum absolute atomic E-state index is 11.0. The molecule has 2 aromatic carbocycles. The summed E-state index contributed by atoms with van der Waals surface area (Å²) in [6.07, 6.45) is 7.63. The van der Waals surface area contributed by atoms with Crippen LogP contribution in [0.2, 0.25) is 0 Å². The number of ether oxygens (including phenoxy) is 1. The summed E-state index contributed by atoms with van der Waals surface area (Å²) in [5.41, 5.74) is 4.23. The minimum Gasteiger partial charge on any atom is -0.493 e. The van der Waals surface area contributed by atoms with Gasteiger partial charge in [-0.05, 0) is 67.5 Å². The van der Waals surface area contributed by atoms with Gasteiger partial charge >= 0.3 is 5.97 Å². The number of aryl methyl sites for hydroxylation is 2. The summed E-state index contributed by atoms with van der Waals surface area (Å²) in [6.45, 7) is 3.67. The lowest BCUT2D eigenvalue weighted by Gasteiger charge is -2.16. The second-order valence-corrected chi connectivity index (χ2v) is 7.92. The number of carboxylic acids is 1. The molecule has 0 saturated heterocycles. The molecule has 1 heterocycles. The Morgan fingerprint density at radius 1 is 1.21 bits per heavy atom. The molecule has 29 heavy (non-hydrogen) atoms. The molecule has 3 aromatic rings. The van der Waals surface area contributed by atoms with Gasteiger partial charge in [-0.3, -0.25) is 9.48 Å². The van der Waals surface area contributed by atoms with E-state index < -0.39 is 5.97 Å². The third kappa shape index (κ3) is 4.44. The third-order valence-corrected chi connectivity index (χ3v) is 5.87. The molecule has 1 fully saturated rings. The number of aromatic nitrogens is 2. The van der Waals surface area contributed by atoms with Crippen LogP contribution in [-0.4, -0.2) is 27.5 Å². The van der Waals surface area contributed by atoms with Gasteiger partial charge in [-0.2, -0.15) is 5.10 Å². The van der Waals surface area contributed by atoms with Crippen molar-refractivity contribution in [2.75, 3.05) is 6.61 Å². The number of hydrogen-bond acceptors (Lipinski definition) is 3. The van der Waals surface area contributed by atoms with Gasteiger partial charge in [-0.15, -0.1) is 0 Å². The molecule has 152 valence electrons. The van der Waals surface area contributed by atoms with E-state index in [4.69, 9.17) is 9.84 Å². The second-order valence-electron chi connectivity index (χ2n) is 7.92. The van der Waals surface area contributed by atoms with E-state index >= 15 is 0 Å². The van der Waals surface area contributed by atoms with Gasteiger partial charge in [0.15, 0.2) is 0 Å². The van der Waals surface area contributed by atoms with E-state index in [2.05, 4.69) is 36.3 Å². The van der Waals surface area contributed by atoms with E-state index in [0.717, 1.165) is 46.5 Å². The molecule has 0 unspecified atom stereocenters. The van der Waals surface area contributed by atoms with Crippen molar-refractivity contribution in [3.63, 3.8) is 0 Å².